The molecule has 1 aromatic carbocycles. The average molecular weight is 315 g/mol. The Bertz CT molecular complexity index is 648. The molecule has 2 aromatic rings. The summed E-state index contributed by atoms with van der Waals surface area (Å²) in [6.07, 6.45) is 0. The lowest BCUT2D eigenvalue weighted by molar-refractivity contribution is -0.132. The van der Waals surface area contributed by atoms with Gasteiger partial charge in [-0.1, -0.05) is 18.2 Å². The Kier molecular flexibility index (Phi) is 4.57. The third-order valence-electron chi connectivity index (χ3n) is 3.80. The highest BCUT2D eigenvalue weighted by molar-refractivity contribution is 5.78. The zero-order chi connectivity index (χ0) is 16.2. The Morgan fingerprint density at radius 3 is 2.52 bits per heavy atom. The lowest BCUT2D eigenvalue weighted by Gasteiger charge is -2.34. The van der Waals surface area contributed by atoms with Gasteiger partial charge in [-0.05, 0) is 31.4 Å². The highest BCUT2D eigenvalue weighted by Gasteiger charge is 2.24. The maximum Gasteiger partial charge on any atom is 0.266 e. The van der Waals surface area contributed by atoms with E-state index in [9.17, 15) is 4.79 Å². The first-order chi connectivity index (χ1) is 11.1. The maximum atomic E-state index is 12.1. The van der Waals surface area contributed by atoms with Gasteiger partial charge in [0.1, 0.15) is 0 Å². The first-order valence-electron chi connectivity index (χ1n) is 7.70. The third kappa shape index (κ3) is 3.68. The van der Waals surface area contributed by atoms with Crippen LogP contribution in [0, 0.1) is 0 Å². The van der Waals surface area contributed by atoms with Gasteiger partial charge >= 0.3 is 0 Å². The normalized spacial score (nSPS) is 15.3. The fourth-order valence-electron chi connectivity index (χ4n) is 2.57. The van der Waals surface area contributed by atoms with Gasteiger partial charge in [0, 0.05) is 31.7 Å². The summed E-state index contributed by atoms with van der Waals surface area (Å²) in [4.78, 5) is 22.3. The molecule has 0 atom stereocenters. The number of nitrogens with zero attached hydrogens (tertiary/aromatic N) is 5. The van der Waals surface area contributed by atoms with Gasteiger partial charge in [0.05, 0.1) is 6.54 Å². The van der Waals surface area contributed by atoms with E-state index in [0.29, 0.717) is 44.6 Å². The second-order valence-corrected chi connectivity index (χ2v) is 5.87. The molecule has 3 rings (SSSR count). The van der Waals surface area contributed by atoms with E-state index in [-0.39, 0.29) is 5.91 Å². The van der Waals surface area contributed by atoms with Crippen molar-refractivity contribution in [3.63, 3.8) is 0 Å². The zero-order valence-electron chi connectivity index (χ0n) is 13.5. The molecule has 0 spiro atoms. The van der Waals surface area contributed by atoms with E-state index in [1.54, 1.807) is 0 Å². The molecule has 2 heterocycles. The van der Waals surface area contributed by atoms with Gasteiger partial charge < -0.3 is 19.2 Å². The van der Waals surface area contributed by atoms with Crippen LogP contribution < -0.4 is 4.90 Å². The summed E-state index contributed by atoms with van der Waals surface area (Å²) in [5.41, 5.74) is 0.908. The van der Waals surface area contributed by atoms with Gasteiger partial charge in [-0.15, -0.1) is 0 Å². The quantitative estimate of drug-likeness (QED) is 0.837. The smallest absolute Gasteiger partial charge is 0.266 e. The van der Waals surface area contributed by atoms with Gasteiger partial charge in [0.2, 0.25) is 5.91 Å². The number of rotatable bonds is 4. The fourth-order valence-corrected chi connectivity index (χ4v) is 2.57. The van der Waals surface area contributed by atoms with E-state index >= 15 is 0 Å². The van der Waals surface area contributed by atoms with Crippen molar-refractivity contribution in [2.45, 2.75) is 0 Å². The van der Waals surface area contributed by atoms with Crippen LogP contribution in [0.15, 0.2) is 34.9 Å². The Balaban J connectivity index is 1.60. The summed E-state index contributed by atoms with van der Waals surface area (Å²) < 4.78 is 5.34. The number of piperazine rings is 1. The number of carbonyl (C=O) groups excluding carboxylic acids is 1. The molecular formula is C16H21N5O2. The summed E-state index contributed by atoms with van der Waals surface area (Å²) in [5, 5.41) is 4.06. The molecule has 0 N–H and O–H groups in total. The van der Waals surface area contributed by atoms with Gasteiger partial charge in [-0.3, -0.25) is 4.79 Å². The minimum atomic E-state index is 0.160. The van der Waals surface area contributed by atoms with Crippen molar-refractivity contribution in [2.24, 2.45) is 0 Å². The molecule has 7 nitrogen and oxygen atoms in total. The van der Waals surface area contributed by atoms with Crippen molar-refractivity contribution >= 4 is 11.9 Å². The van der Waals surface area contributed by atoms with E-state index in [0.717, 1.165) is 5.56 Å². The number of likely N-dealkylation sites (N-methyl/N-ethyl adjacent to an activating group) is 1. The zero-order valence-corrected chi connectivity index (χ0v) is 13.5. The number of anilines is 1. The van der Waals surface area contributed by atoms with Crippen LogP contribution in [0.25, 0.3) is 11.5 Å². The highest BCUT2D eigenvalue weighted by atomic mass is 16.5. The number of carbonyl (C=O) groups is 1. The Hall–Kier alpha value is -2.41. The number of hydrogen-bond donors (Lipinski definition) is 0. The Labute approximate surface area is 135 Å². The van der Waals surface area contributed by atoms with Crippen LogP contribution in [-0.4, -0.2) is 72.7 Å². The van der Waals surface area contributed by atoms with E-state index in [2.05, 4.69) is 15.0 Å². The summed E-state index contributed by atoms with van der Waals surface area (Å²) in [7, 11) is 3.80. The van der Waals surface area contributed by atoms with E-state index < -0.39 is 0 Å². The van der Waals surface area contributed by atoms with Gasteiger partial charge in [0.25, 0.3) is 11.8 Å². The number of benzene rings is 1. The van der Waals surface area contributed by atoms with Crippen LogP contribution in [0.1, 0.15) is 0 Å². The van der Waals surface area contributed by atoms with Gasteiger partial charge in [-0.25, -0.2) is 0 Å². The van der Waals surface area contributed by atoms with Crippen LogP contribution >= 0.6 is 0 Å². The summed E-state index contributed by atoms with van der Waals surface area (Å²) in [6.45, 7) is 3.24. The van der Waals surface area contributed by atoms with Crippen LogP contribution in [-0.2, 0) is 4.79 Å². The minimum Gasteiger partial charge on any atom is -0.338 e. The molecule has 122 valence electrons. The molecule has 0 unspecified atom stereocenters. The van der Waals surface area contributed by atoms with Crippen molar-refractivity contribution in [3.05, 3.63) is 30.3 Å². The van der Waals surface area contributed by atoms with E-state index in [4.69, 9.17) is 4.52 Å². The molecule has 1 fully saturated rings. The molecular weight excluding hydrogens is 294 g/mol. The van der Waals surface area contributed by atoms with Crippen LogP contribution in [0.5, 0.6) is 0 Å². The molecule has 0 radical (unpaired) electrons. The van der Waals surface area contributed by atoms with Crippen molar-refractivity contribution in [1.82, 2.24) is 19.9 Å². The fraction of sp³-hybridized carbons (Fsp3) is 0.438. The lowest BCUT2D eigenvalue weighted by atomic mass is 10.2. The topological polar surface area (TPSA) is 65.7 Å². The predicted molar refractivity (Wildman–Crippen MR) is 87.1 cm³/mol. The second-order valence-electron chi connectivity index (χ2n) is 5.87. The van der Waals surface area contributed by atoms with Crippen LogP contribution in [0.2, 0.25) is 0 Å². The molecule has 1 aromatic heterocycles. The van der Waals surface area contributed by atoms with E-state index in [1.165, 1.54) is 0 Å². The minimum absolute atomic E-state index is 0.160. The first-order valence-corrected chi connectivity index (χ1v) is 7.70. The molecule has 0 bridgehead atoms. The molecule has 0 saturated carbocycles. The summed E-state index contributed by atoms with van der Waals surface area (Å²) >= 11 is 0. The summed E-state index contributed by atoms with van der Waals surface area (Å²) in [5.74, 6) is 1.27. The largest absolute Gasteiger partial charge is 0.338 e. The first kappa shape index (κ1) is 15.5. The molecule has 0 aliphatic carbocycles. The summed E-state index contributed by atoms with van der Waals surface area (Å²) in [6, 6.07) is 9.71. The van der Waals surface area contributed by atoms with Gasteiger partial charge in [0.15, 0.2) is 0 Å². The highest BCUT2D eigenvalue weighted by Crippen LogP contribution is 2.20. The van der Waals surface area contributed by atoms with Crippen LogP contribution in [0.3, 0.4) is 0 Å². The molecule has 7 heteroatoms. The van der Waals surface area contributed by atoms with Crippen molar-refractivity contribution in [3.8, 4) is 11.5 Å². The average Bonchev–Trinajstić information content (AvgIpc) is 3.05. The maximum absolute atomic E-state index is 12.1. The standard InChI is InChI=1S/C16H21N5O2/c1-19(2)12-14(22)20-8-10-21(11-9-20)16-17-15(23-18-16)13-6-4-3-5-7-13/h3-7H,8-12H2,1-2H3. The van der Waals surface area contributed by atoms with Crippen molar-refractivity contribution in [1.29, 1.82) is 0 Å². The molecule has 1 amide bonds. The number of amides is 1. The number of hydrogen-bond acceptors (Lipinski definition) is 6. The molecule has 1 saturated heterocycles. The Morgan fingerprint density at radius 2 is 1.87 bits per heavy atom. The molecule has 1 aliphatic rings. The SMILES string of the molecule is CN(C)CC(=O)N1CCN(c2noc(-c3ccccc3)n2)CC1. The van der Waals surface area contributed by atoms with Crippen LogP contribution in [0.4, 0.5) is 5.95 Å². The lowest BCUT2D eigenvalue weighted by Crippen LogP contribution is -2.51. The van der Waals surface area contributed by atoms with Crippen molar-refractivity contribution in [2.75, 3.05) is 51.7 Å². The Morgan fingerprint density at radius 1 is 1.17 bits per heavy atom. The monoisotopic (exact) mass is 315 g/mol. The van der Waals surface area contributed by atoms with E-state index in [1.807, 2.05) is 54.2 Å². The van der Waals surface area contributed by atoms with Gasteiger partial charge in [-0.2, -0.15) is 4.98 Å². The second kappa shape index (κ2) is 6.78. The van der Waals surface area contributed by atoms with Crippen molar-refractivity contribution < 1.29 is 9.32 Å². The predicted octanol–water partition coefficient (Wildman–Crippen LogP) is 0.947. The molecule has 23 heavy (non-hydrogen) atoms. The number of aromatic nitrogens is 2. The third-order valence-corrected chi connectivity index (χ3v) is 3.80. The molecule has 1 aliphatic heterocycles.